The van der Waals surface area contributed by atoms with Gasteiger partial charge in [-0.1, -0.05) is 38.9 Å². The Morgan fingerprint density at radius 1 is 1.40 bits per heavy atom. The Morgan fingerprint density at radius 3 is 2.25 bits per heavy atom. The first-order valence-electron chi connectivity index (χ1n) is 7.08. The van der Waals surface area contributed by atoms with Crippen LogP contribution < -0.4 is 5.73 Å². The molecule has 0 heterocycles. The second-order valence-electron chi connectivity index (χ2n) is 5.24. The third kappa shape index (κ3) is 5.00. The van der Waals surface area contributed by atoms with Gasteiger partial charge in [-0.3, -0.25) is 4.79 Å². The van der Waals surface area contributed by atoms with Crippen LogP contribution in [-0.2, 0) is 9.53 Å². The van der Waals surface area contributed by atoms with Gasteiger partial charge in [0.1, 0.15) is 0 Å². The van der Waals surface area contributed by atoms with Crippen molar-refractivity contribution in [1.82, 2.24) is 4.90 Å². The van der Waals surface area contributed by atoms with E-state index in [0.29, 0.717) is 12.8 Å². The summed E-state index contributed by atoms with van der Waals surface area (Å²) in [4.78, 5) is 14.5. The summed E-state index contributed by atoms with van der Waals surface area (Å²) in [5, 5.41) is 9.75. The minimum absolute atomic E-state index is 0.108. The number of rotatable bonds is 10. The number of thiocarbonyl (C=S) groups is 1. The van der Waals surface area contributed by atoms with E-state index in [0.717, 1.165) is 12.8 Å². The lowest BCUT2D eigenvalue weighted by Crippen LogP contribution is -2.51. The summed E-state index contributed by atoms with van der Waals surface area (Å²) in [6, 6.07) is 0. The molecular weight excluding hydrogens is 276 g/mol. The van der Waals surface area contributed by atoms with Gasteiger partial charge >= 0.3 is 0 Å². The zero-order valence-corrected chi connectivity index (χ0v) is 13.8. The number of carbonyl (C=O) groups excluding carboxylic acids is 1. The van der Waals surface area contributed by atoms with E-state index >= 15 is 0 Å². The lowest BCUT2D eigenvalue weighted by atomic mass is 9.77. The Bertz CT molecular complexity index is 318. The van der Waals surface area contributed by atoms with Crippen molar-refractivity contribution in [2.24, 2.45) is 11.1 Å². The van der Waals surface area contributed by atoms with Crippen LogP contribution in [0.3, 0.4) is 0 Å². The van der Waals surface area contributed by atoms with Gasteiger partial charge in [-0.05, 0) is 12.8 Å². The Labute approximate surface area is 127 Å². The highest BCUT2D eigenvalue weighted by Gasteiger charge is 2.41. The number of aliphatic hydroxyl groups is 1. The molecule has 0 aromatic rings. The van der Waals surface area contributed by atoms with Gasteiger partial charge in [0, 0.05) is 20.7 Å². The number of nitrogens with two attached hydrogens (primary N) is 1. The van der Waals surface area contributed by atoms with Crippen LogP contribution in [0.4, 0.5) is 0 Å². The summed E-state index contributed by atoms with van der Waals surface area (Å²) in [6.07, 6.45) is 2.23. The summed E-state index contributed by atoms with van der Waals surface area (Å²) in [5.74, 6) is -0.108. The highest BCUT2D eigenvalue weighted by molar-refractivity contribution is 7.80. The minimum atomic E-state index is -0.791. The number of nitrogens with zero attached hydrogens (tertiary/aromatic N) is 1. The van der Waals surface area contributed by atoms with E-state index in [2.05, 4.69) is 0 Å². The van der Waals surface area contributed by atoms with E-state index in [1.807, 2.05) is 13.8 Å². The van der Waals surface area contributed by atoms with Crippen molar-refractivity contribution >= 4 is 23.1 Å². The molecule has 1 amide bonds. The van der Waals surface area contributed by atoms with Crippen molar-refractivity contribution in [2.45, 2.75) is 45.6 Å². The molecule has 1 unspecified atom stereocenters. The zero-order chi connectivity index (χ0) is 15.8. The summed E-state index contributed by atoms with van der Waals surface area (Å²) in [5.41, 5.74) is 5.08. The predicted octanol–water partition coefficient (Wildman–Crippen LogP) is 1.32. The second kappa shape index (κ2) is 9.26. The predicted molar refractivity (Wildman–Crippen MR) is 84.6 cm³/mol. The molecule has 5 nitrogen and oxygen atoms in total. The maximum Gasteiger partial charge on any atom is 0.235 e. The molecule has 3 N–H and O–H groups in total. The Morgan fingerprint density at radius 2 is 1.90 bits per heavy atom. The SMILES string of the molecule is CCCC(CCC)(C(=O)N(C)CC(O)COC)C(N)=S. The Hall–Kier alpha value is -0.720. The van der Waals surface area contributed by atoms with E-state index in [1.54, 1.807) is 7.05 Å². The van der Waals surface area contributed by atoms with Crippen molar-refractivity contribution in [3.63, 3.8) is 0 Å². The van der Waals surface area contributed by atoms with E-state index in [1.165, 1.54) is 12.0 Å². The van der Waals surface area contributed by atoms with Gasteiger partial charge in [-0.15, -0.1) is 0 Å². The molecule has 0 aliphatic rings. The van der Waals surface area contributed by atoms with Gasteiger partial charge < -0.3 is 20.5 Å². The van der Waals surface area contributed by atoms with Gasteiger partial charge in [-0.25, -0.2) is 0 Å². The Kier molecular flexibility index (Phi) is 8.93. The van der Waals surface area contributed by atoms with Gasteiger partial charge in [0.05, 0.1) is 23.1 Å². The number of aliphatic hydroxyl groups excluding tert-OH is 1. The summed E-state index contributed by atoms with van der Waals surface area (Å²) in [6.45, 7) is 4.43. The van der Waals surface area contributed by atoms with Crippen LogP contribution in [0.25, 0.3) is 0 Å². The molecular formula is C14H28N2O3S. The van der Waals surface area contributed by atoms with Crippen LogP contribution >= 0.6 is 12.2 Å². The number of ether oxygens (including phenoxy) is 1. The minimum Gasteiger partial charge on any atom is -0.392 e. The summed E-state index contributed by atoms with van der Waals surface area (Å²) < 4.78 is 4.87. The quantitative estimate of drug-likeness (QED) is 0.595. The third-order valence-electron chi connectivity index (χ3n) is 3.42. The van der Waals surface area contributed by atoms with Crippen LogP contribution in [-0.4, -0.2) is 54.3 Å². The van der Waals surface area contributed by atoms with Crippen molar-refractivity contribution in [1.29, 1.82) is 0 Å². The maximum atomic E-state index is 12.7. The fourth-order valence-electron chi connectivity index (χ4n) is 2.55. The molecule has 0 aromatic heterocycles. The molecule has 1 atom stereocenters. The van der Waals surface area contributed by atoms with Crippen molar-refractivity contribution in [3.05, 3.63) is 0 Å². The number of hydrogen-bond donors (Lipinski definition) is 2. The highest BCUT2D eigenvalue weighted by atomic mass is 32.1. The monoisotopic (exact) mass is 304 g/mol. The summed E-state index contributed by atoms with van der Waals surface area (Å²) >= 11 is 5.16. The van der Waals surface area contributed by atoms with Crippen LogP contribution in [0.5, 0.6) is 0 Å². The van der Waals surface area contributed by atoms with E-state index < -0.39 is 11.5 Å². The first-order chi connectivity index (χ1) is 9.35. The van der Waals surface area contributed by atoms with E-state index in [9.17, 15) is 9.90 Å². The molecule has 0 saturated heterocycles. The molecule has 6 heteroatoms. The van der Waals surface area contributed by atoms with Crippen LogP contribution in [0.2, 0.25) is 0 Å². The molecule has 0 spiro atoms. The van der Waals surface area contributed by atoms with Crippen molar-refractivity contribution < 1.29 is 14.6 Å². The highest BCUT2D eigenvalue weighted by Crippen LogP contribution is 2.32. The topological polar surface area (TPSA) is 75.8 Å². The number of amides is 1. The molecule has 0 bridgehead atoms. The van der Waals surface area contributed by atoms with E-state index in [-0.39, 0.29) is 24.0 Å². The molecule has 0 aliphatic heterocycles. The van der Waals surface area contributed by atoms with Crippen LogP contribution in [0.1, 0.15) is 39.5 Å². The lowest BCUT2D eigenvalue weighted by Gasteiger charge is -2.35. The standard InChI is InChI=1S/C14H28N2O3S/c1-5-7-14(8-6-2,12(15)20)13(18)16(3)9-11(17)10-19-4/h11,17H,5-10H2,1-4H3,(H2,15,20). The average Bonchev–Trinajstić information content (AvgIpc) is 2.37. The third-order valence-corrected chi connectivity index (χ3v) is 3.82. The largest absolute Gasteiger partial charge is 0.392 e. The second-order valence-corrected chi connectivity index (χ2v) is 5.68. The maximum absolute atomic E-state index is 12.7. The van der Waals surface area contributed by atoms with Crippen LogP contribution in [0.15, 0.2) is 0 Å². The summed E-state index contributed by atoms with van der Waals surface area (Å²) in [7, 11) is 3.18. The molecule has 0 radical (unpaired) electrons. The first kappa shape index (κ1) is 19.3. The molecule has 0 aliphatic carbocycles. The van der Waals surface area contributed by atoms with Gasteiger partial charge in [0.15, 0.2) is 0 Å². The molecule has 0 saturated carbocycles. The molecule has 0 rings (SSSR count). The Balaban J connectivity index is 5.06. The lowest BCUT2D eigenvalue weighted by molar-refractivity contribution is -0.139. The van der Waals surface area contributed by atoms with E-state index in [4.69, 9.17) is 22.7 Å². The number of methoxy groups -OCH3 is 1. The molecule has 20 heavy (non-hydrogen) atoms. The molecule has 0 aromatic carbocycles. The van der Waals surface area contributed by atoms with Crippen molar-refractivity contribution in [2.75, 3.05) is 27.3 Å². The number of likely N-dealkylation sites (N-methyl/N-ethyl adjacent to an activating group) is 1. The van der Waals surface area contributed by atoms with Gasteiger partial charge in [0.2, 0.25) is 5.91 Å². The smallest absolute Gasteiger partial charge is 0.235 e. The fourth-order valence-corrected chi connectivity index (χ4v) is 2.85. The molecule has 118 valence electrons. The van der Waals surface area contributed by atoms with Crippen LogP contribution in [0, 0.1) is 5.41 Å². The van der Waals surface area contributed by atoms with Crippen molar-refractivity contribution in [3.8, 4) is 0 Å². The average molecular weight is 304 g/mol. The normalized spacial score (nSPS) is 13.1. The zero-order valence-electron chi connectivity index (χ0n) is 13.0. The molecule has 0 fully saturated rings. The first-order valence-corrected chi connectivity index (χ1v) is 7.49. The number of carbonyl (C=O) groups is 1. The number of hydrogen-bond acceptors (Lipinski definition) is 4. The van der Waals surface area contributed by atoms with Gasteiger partial charge in [0.25, 0.3) is 0 Å². The van der Waals surface area contributed by atoms with Gasteiger partial charge in [-0.2, -0.15) is 0 Å². The fraction of sp³-hybridized carbons (Fsp3) is 0.857.